The fourth-order valence-corrected chi connectivity index (χ4v) is 4.22. The number of carbonyl (C=O) groups excluding carboxylic acids is 1. The van der Waals surface area contributed by atoms with Gasteiger partial charge in [-0.2, -0.15) is 5.10 Å². The van der Waals surface area contributed by atoms with E-state index in [0.29, 0.717) is 24.0 Å². The number of aliphatic hydroxyl groups excluding tert-OH is 1. The van der Waals surface area contributed by atoms with Gasteiger partial charge in [-0.25, -0.2) is 4.79 Å². The lowest BCUT2D eigenvalue weighted by Gasteiger charge is -2.43. The van der Waals surface area contributed by atoms with Crippen molar-refractivity contribution in [3.05, 3.63) is 28.9 Å². The molecule has 0 bridgehead atoms. The molecule has 0 radical (unpaired) electrons. The van der Waals surface area contributed by atoms with Gasteiger partial charge in [0.15, 0.2) is 0 Å². The molecule has 2 heterocycles. The molecule has 0 saturated carbocycles. The molecule has 2 aromatic rings. The van der Waals surface area contributed by atoms with Gasteiger partial charge in [0.25, 0.3) is 0 Å². The summed E-state index contributed by atoms with van der Waals surface area (Å²) in [5.74, 6) is 0.306. The van der Waals surface area contributed by atoms with Gasteiger partial charge >= 0.3 is 6.03 Å². The number of H-pyrrole nitrogens is 1. The lowest BCUT2D eigenvalue weighted by Crippen LogP contribution is -2.46. The number of amides is 2. The Bertz CT molecular complexity index is 794. The summed E-state index contributed by atoms with van der Waals surface area (Å²) in [5.41, 5.74) is 1.26. The fraction of sp³-hybridized carbons (Fsp3) is 0.579. The van der Waals surface area contributed by atoms with Gasteiger partial charge < -0.3 is 14.9 Å². The van der Waals surface area contributed by atoms with Gasteiger partial charge in [0, 0.05) is 43.2 Å². The minimum Gasteiger partial charge on any atom is -0.388 e. The number of halogens is 1. The van der Waals surface area contributed by atoms with Crippen molar-refractivity contribution >= 4 is 28.5 Å². The molecular formula is C19H27ClN4O2. The van der Waals surface area contributed by atoms with Crippen molar-refractivity contribution in [1.82, 2.24) is 20.0 Å². The smallest absolute Gasteiger partial charge is 0.319 e. The predicted octanol–water partition coefficient (Wildman–Crippen LogP) is 3.67. The number of piperidine rings is 1. The first-order chi connectivity index (χ1) is 12.2. The number of hydrogen-bond donors (Lipinski definition) is 2. The molecule has 7 heteroatoms. The minimum absolute atomic E-state index is 0.0517. The molecule has 6 nitrogen and oxygen atoms in total. The summed E-state index contributed by atoms with van der Waals surface area (Å²) in [6.45, 7) is 5.61. The van der Waals surface area contributed by atoms with E-state index in [2.05, 4.69) is 24.0 Å². The number of hydrogen-bond acceptors (Lipinski definition) is 3. The molecule has 1 aromatic heterocycles. The average molecular weight is 379 g/mol. The summed E-state index contributed by atoms with van der Waals surface area (Å²) >= 11 is 6.24. The van der Waals surface area contributed by atoms with Crippen molar-refractivity contribution in [3.63, 3.8) is 0 Å². The normalized spacial score (nSPS) is 17.5. The van der Waals surface area contributed by atoms with E-state index in [0.717, 1.165) is 29.3 Å². The SMILES string of the molecule is CN(C)C(=O)N1CCC(C(C)(C)[C@H](O)c2cc(Cl)cc3cn[nH]c23)CC1. The Labute approximate surface area is 159 Å². The average Bonchev–Trinajstić information content (AvgIpc) is 3.07. The van der Waals surface area contributed by atoms with Crippen LogP contribution in [0.4, 0.5) is 4.79 Å². The van der Waals surface area contributed by atoms with Crippen LogP contribution in [0.3, 0.4) is 0 Å². The lowest BCUT2D eigenvalue weighted by molar-refractivity contribution is -0.0152. The van der Waals surface area contributed by atoms with E-state index in [1.165, 1.54) is 0 Å². The molecule has 0 aliphatic carbocycles. The van der Waals surface area contributed by atoms with Crippen LogP contribution in [-0.4, -0.2) is 58.3 Å². The first kappa shape index (κ1) is 19.0. The van der Waals surface area contributed by atoms with Crippen LogP contribution in [0.2, 0.25) is 5.02 Å². The van der Waals surface area contributed by atoms with E-state index in [9.17, 15) is 9.90 Å². The molecule has 1 aliphatic rings. The van der Waals surface area contributed by atoms with E-state index in [1.54, 1.807) is 25.2 Å². The van der Waals surface area contributed by atoms with Gasteiger partial charge in [0.05, 0.1) is 17.8 Å². The summed E-state index contributed by atoms with van der Waals surface area (Å²) in [6.07, 6.45) is 2.79. The van der Waals surface area contributed by atoms with Crippen LogP contribution in [0.1, 0.15) is 38.4 Å². The highest BCUT2D eigenvalue weighted by Gasteiger charge is 2.40. The molecule has 2 amide bonds. The molecule has 26 heavy (non-hydrogen) atoms. The third kappa shape index (κ3) is 3.40. The molecule has 1 aromatic carbocycles. The van der Waals surface area contributed by atoms with Crippen molar-refractivity contribution < 1.29 is 9.90 Å². The van der Waals surface area contributed by atoms with E-state index in [1.807, 2.05) is 17.0 Å². The number of aliphatic hydroxyl groups is 1. The monoisotopic (exact) mass is 378 g/mol. The highest BCUT2D eigenvalue weighted by molar-refractivity contribution is 6.31. The van der Waals surface area contributed by atoms with Gasteiger partial charge in [0.1, 0.15) is 0 Å². The van der Waals surface area contributed by atoms with Gasteiger partial charge in [0.2, 0.25) is 0 Å². The summed E-state index contributed by atoms with van der Waals surface area (Å²) in [4.78, 5) is 15.6. The zero-order valence-electron chi connectivity index (χ0n) is 15.8. The number of aromatic amines is 1. The number of benzene rings is 1. The number of carbonyl (C=O) groups is 1. The first-order valence-corrected chi connectivity index (χ1v) is 9.36. The van der Waals surface area contributed by atoms with Crippen molar-refractivity contribution in [2.75, 3.05) is 27.2 Å². The third-order valence-electron chi connectivity index (χ3n) is 5.74. The summed E-state index contributed by atoms with van der Waals surface area (Å²) in [5, 5.41) is 19.8. The largest absolute Gasteiger partial charge is 0.388 e. The Kier molecular flexibility index (Phi) is 5.17. The molecule has 1 fully saturated rings. The maximum atomic E-state index is 12.1. The van der Waals surface area contributed by atoms with E-state index >= 15 is 0 Å². The van der Waals surface area contributed by atoms with Crippen LogP contribution >= 0.6 is 11.6 Å². The Morgan fingerprint density at radius 1 is 1.38 bits per heavy atom. The number of rotatable bonds is 3. The van der Waals surface area contributed by atoms with Crippen LogP contribution < -0.4 is 0 Å². The zero-order valence-corrected chi connectivity index (χ0v) is 16.5. The van der Waals surface area contributed by atoms with Gasteiger partial charge in [-0.1, -0.05) is 25.4 Å². The third-order valence-corrected chi connectivity index (χ3v) is 5.96. The highest BCUT2D eigenvalue weighted by atomic mass is 35.5. The summed E-state index contributed by atoms with van der Waals surface area (Å²) < 4.78 is 0. The molecule has 1 saturated heterocycles. The van der Waals surface area contributed by atoms with Crippen molar-refractivity contribution in [1.29, 1.82) is 0 Å². The lowest BCUT2D eigenvalue weighted by atomic mass is 9.68. The van der Waals surface area contributed by atoms with Crippen LogP contribution in [0.25, 0.3) is 10.9 Å². The summed E-state index contributed by atoms with van der Waals surface area (Å²) in [7, 11) is 3.55. The Morgan fingerprint density at radius 2 is 2.04 bits per heavy atom. The second-order valence-corrected chi connectivity index (χ2v) is 8.43. The van der Waals surface area contributed by atoms with E-state index in [-0.39, 0.29) is 11.4 Å². The number of likely N-dealkylation sites (tertiary alicyclic amines) is 1. The molecule has 0 spiro atoms. The number of fused-ring (bicyclic) bond motifs is 1. The molecular weight excluding hydrogens is 352 g/mol. The number of aromatic nitrogens is 2. The van der Waals surface area contributed by atoms with Crippen LogP contribution in [-0.2, 0) is 0 Å². The quantitative estimate of drug-likeness (QED) is 0.855. The Balaban J connectivity index is 1.79. The molecule has 0 unspecified atom stereocenters. The maximum Gasteiger partial charge on any atom is 0.319 e. The molecule has 2 N–H and O–H groups in total. The fourth-order valence-electron chi connectivity index (χ4n) is 3.98. The van der Waals surface area contributed by atoms with Gasteiger partial charge in [-0.05, 0) is 36.3 Å². The van der Waals surface area contributed by atoms with Crippen LogP contribution in [0.5, 0.6) is 0 Å². The van der Waals surface area contributed by atoms with Crippen molar-refractivity contribution in [2.45, 2.75) is 32.8 Å². The molecule has 3 rings (SSSR count). The van der Waals surface area contributed by atoms with E-state index < -0.39 is 6.10 Å². The van der Waals surface area contributed by atoms with E-state index in [4.69, 9.17) is 11.6 Å². The highest BCUT2D eigenvalue weighted by Crippen LogP contribution is 2.46. The topological polar surface area (TPSA) is 72.5 Å². The Morgan fingerprint density at radius 3 is 2.65 bits per heavy atom. The maximum absolute atomic E-state index is 12.1. The summed E-state index contributed by atoms with van der Waals surface area (Å²) in [6, 6.07) is 3.71. The van der Waals surface area contributed by atoms with Gasteiger partial charge in [-0.15, -0.1) is 0 Å². The minimum atomic E-state index is -0.676. The van der Waals surface area contributed by atoms with Crippen LogP contribution in [0, 0.1) is 11.3 Å². The van der Waals surface area contributed by atoms with Gasteiger partial charge in [-0.3, -0.25) is 5.10 Å². The van der Waals surface area contributed by atoms with Crippen molar-refractivity contribution in [2.24, 2.45) is 11.3 Å². The number of nitrogens with one attached hydrogen (secondary N) is 1. The molecule has 1 aliphatic heterocycles. The zero-order chi connectivity index (χ0) is 19.1. The number of urea groups is 1. The Hall–Kier alpha value is -1.79. The van der Waals surface area contributed by atoms with Crippen LogP contribution in [0.15, 0.2) is 18.3 Å². The number of nitrogens with zero attached hydrogens (tertiary/aromatic N) is 3. The second kappa shape index (κ2) is 7.08. The predicted molar refractivity (Wildman–Crippen MR) is 103 cm³/mol. The standard InChI is InChI=1S/C19H27ClN4O2/c1-19(2,13-5-7-24(8-6-13)18(26)23(3)4)17(25)15-10-14(20)9-12-11-21-22-16(12)15/h9-11,13,17,25H,5-8H2,1-4H3,(H,21,22)/t17-/m1/s1. The molecule has 1 atom stereocenters. The molecule has 142 valence electrons. The second-order valence-electron chi connectivity index (χ2n) is 7.99. The first-order valence-electron chi connectivity index (χ1n) is 8.98. The van der Waals surface area contributed by atoms with Crippen molar-refractivity contribution in [3.8, 4) is 0 Å².